The Morgan fingerprint density at radius 3 is 2.57 bits per heavy atom. The third kappa shape index (κ3) is 3.93. The van der Waals surface area contributed by atoms with Gasteiger partial charge in [-0.05, 0) is 36.2 Å². The number of carbonyl (C=O) groups is 1. The highest BCUT2D eigenvalue weighted by atomic mass is 35.5. The normalized spacial score (nSPS) is 12.0. The maximum atomic E-state index is 13.6. The summed E-state index contributed by atoms with van der Waals surface area (Å²) in [4.78, 5) is 12.0. The number of nitrogens with two attached hydrogens (primary N) is 1. The zero-order chi connectivity index (χ0) is 15.4. The van der Waals surface area contributed by atoms with Crippen LogP contribution in [-0.2, 0) is 11.2 Å². The van der Waals surface area contributed by atoms with E-state index in [1.807, 2.05) is 0 Å². The molecule has 2 rings (SSSR count). The van der Waals surface area contributed by atoms with Crippen molar-refractivity contribution in [3.8, 4) is 5.75 Å². The monoisotopic (exact) mass is 308 g/mol. The van der Waals surface area contributed by atoms with Crippen LogP contribution in [-0.4, -0.2) is 17.1 Å². The van der Waals surface area contributed by atoms with Crippen LogP contribution in [0.5, 0.6) is 5.75 Å². The van der Waals surface area contributed by atoms with Gasteiger partial charge < -0.3 is 16.2 Å². The van der Waals surface area contributed by atoms with Gasteiger partial charge in [0.15, 0.2) is 0 Å². The van der Waals surface area contributed by atoms with Crippen LogP contribution in [0, 0.1) is 5.82 Å². The van der Waals surface area contributed by atoms with E-state index in [2.05, 4.69) is 5.32 Å². The summed E-state index contributed by atoms with van der Waals surface area (Å²) >= 11 is 5.83. The Hall–Kier alpha value is -2.11. The van der Waals surface area contributed by atoms with Crippen LogP contribution in [0.15, 0.2) is 42.5 Å². The number of hydrogen-bond donors (Lipinski definition) is 3. The van der Waals surface area contributed by atoms with Crippen LogP contribution in [0.3, 0.4) is 0 Å². The molecule has 0 bridgehead atoms. The second-order valence-corrected chi connectivity index (χ2v) is 4.97. The van der Waals surface area contributed by atoms with E-state index in [9.17, 15) is 14.3 Å². The molecule has 0 spiro atoms. The second-order valence-electron chi connectivity index (χ2n) is 4.56. The molecule has 0 aromatic heterocycles. The third-order valence-electron chi connectivity index (χ3n) is 2.94. The number of amides is 1. The molecule has 1 atom stereocenters. The molecule has 0 aliphatic rings. The van der Waals surface area contributed by atoms with Crippen LogP contribution >= 0.6 is 11.6 Å². The summed E-state index contributed by atoms with van der Waals surface area (Å²) in [6.45, 7) is 0. The van der Waals surface area contributed by atoms with Crippen molar-refractivity contribution in [1.29, 1.82) is 0 Å². The first kappa shape index (κ1) is 15.3. The molecule has 6 heteroatoms. The number of benzene rings is 2. The van der Waals surface area contributed by atoms with E-state index < -0.39 is 17.8 Å². The first-order valence-electron chi connectivity index (χ1n) is 6.25. The van der Waals surface area contributed by atoms with E-state index in [0.29, 0.717) is 0 Å². The first-order chi connectivity index (χ1) is 9.97. The summed E-state index contributed by atoms with van der Waals surface area (Å²) in [5.41, 5.74) is 6.50. The average Bonchev–Trinajstić information content (AvgIpc) is 2.45. The number of phenols is 1. The van der Waals surface area contributed by atoms with E-state index in [0.717, 1.165) is 5.56 Å². The van der Waals surface area contributed by atoms with E-state index in [1.54, 1.807) is 12.1 Å². The fraction of sp³-hybridized carbons (Fsp3) is 0.133. The number of aromatic hydroxyl groups is 1. The molecule has 0 saturated carbocycles. The number of hydrogen-bond acceptors (Lipinski definition) is 3. The molecule has 0 radical (unpaired) electrons. The number of carbonyl (C=O) groups excluding carboxylic acids is 1. The van der Waals surface area contributed by atoms with Crippen LogP contribution in [0.25, 0.3) is 0 Å². The van der Waals surface area contributed by atoms with Crippen molar-refractivity contribution in [3.63, 3.8) is 0 Å². The van der Waals surface area contributed by atoms with Crippen molar-refractivity contribution in [2.24, 2.45) is 5.73 Å². The third-order valence-corrected chi connectivity index (χ3v) is 3.25. The summed E-state index contributed by atoms with van der Waals surface area (Å²) in [6.07, 6.45) is 0.262. The van der Waals surface area contributed by atoms with E-state index in [4.69, 9.17) is 17.3 Å². The summed E-state index contributed by atoms with van der Waals surface area (Å²) in [5.74, 6) is -1.02. The lowest BCUT2D eigenvalue weighted by atomic mass is 10.1. The number of anilines is 1. The molecule has 0 heterocycles. The molecule has 4 nitrogen and oxygen atoms in total. The minimum Gasteiger partial charge on any atom is -0.508 e. The molecule has 2 aromatic rings. The van der Waals surface area contributed by atoms with Gasteiger partial charge in [-0.15, -0.1) is 0 Å². The molecular weight excluding hydrogens is 295 g/mol. The fourth-order valence-electron chi connectivity index (χ4n) is 1.81. The van der Waals surface area contributed by atoms with Gasteiger partial charge in [-0.2, -0.15) is 0 Å². The van der Waals surface area contributed by atoms with E-state index in [1.165, 1.54) is 30.3 Å². The van der Waals surface area contributed by atoms with E-state index >= 15 is 0 Å². The molecule has 0 saturated heterocycles. The van der Waals surface area contributed by atoms with Gasteiger partial charge in [0.2, 0.25) is 5.91 Å². The molecular formula is C15H14ClFN2O2. The molecule has 4 N–H and O–H groups in total. The van der Waals surface area contributed by atoms with Gasteiger partial charge in [0, 0.05) is 0 Å². The highest BCUT2D eigenvalue weighted by Crippen LogP contribution is 2.24. The first-order valence-corrected chi connectivity index (χ1v) is 6.63. The molecule has 0 fully saturated rings. The van der Waals surface area contributed by atoms with Crippen molar-refractivity contribution in [3.05, 3.63) is 58.9 Å². The van der Waals surface area contributed by atoms with Gasteiger partial charge in [0.05, 0.1) is 16.8 Å². The van der Waals surface area contributed by atoms with Crippen molar-refractivity contribution in [2.45, 2.75) is 12.5 Å². The Morgan fingerprint density at radius 1 is 1.29 bits per heavy atom. The average molecular weight is 309 g/mol. The van der Waals surface area contributed by atoms with Crippen LogP contribution in [0.1, 0.15) is 5.56 Å². The second kappa shape index (κ2) is 6.56. The Kier molecular flexibility index (Phi) is 4.77. The summed E-state index contributed by atoms with van der Waals surface area (Å²) in [5, 5.41) is 11.7. The lowest BCUT2D eigenvalue weighted by Crippen LogP contribution is -2.37. The minimum atomic E-state index is -0.856. The zero-order valence-corrected chi connectivity index (χ0v) is 11.8. The number of rotatable bonds is 4. The minimum absolute atomic E-state index is 0.0784. The van der Waals surface area contributed by atoms with Gasteiger partial charge in [-0.1, -0.05) is 29.8 Å². The molecule has 2 aromatic carbocycles. The summed E-state index contributed by atoms with van der Waals surface area (Å²) in [7, 11) is 0. The maximum Gasteiger partial charge on any atom is 0.241 e. The topological polar surface area (TPSA) is 75.3 Å². The van der Waals surface area contributed by atoms with Crippen molar-refractivity contribution in [2.75, 3.05) is 5.32 Å². The molecule has 110 valence electrons. The number of halogens is 2. The molecule has 1 unspecified atom stereocenters. The van der Waals surface area contributed by atoms with Crippen molar-refractivity contribution >= 4 is 23.2 Å². The van der Waals surface area contributed by atoms with Gasteiger partial charge in [0.25, 0.3) is 0 Å². The van der Waals surface area contributed by atoms with Crippen LogP contribution in [0.4, 0.5) is 10.1 Å². The number of phenolic OH excluding ortho intramolecular Hbond substituents is 1. The molecule has 21 heavy (non-hydrogen) atoms. The highest BCUT2D eigenvalue weighted by molar-refractivity contribution is 6.33. The summed E-state index contributed by atoms with van der Waals surface area (Å²) in [6, 6.07) is 9.62. The molecule has 1 amide bonds. The number of nitrogens with one attached hydrogen (secondary N) is 1. The van der Waals surface area contributed by atoms with Gasteiger partial charge >= 0.3 is 0 Å². The zero-order valence-electron chi connectivity index (χ0n) is 11.0. The van der Waals surface area contributed by atoms with E-state index in [-0.39, 0.29) is 22.9 Å². The quantitative estimate of drug-likeness (QED) is 0.813. The van der Waals surface area contributed by atoms with Crippen LogP contribution < -0.4 is 11.1 Å². The lowest BCUT2D eigenvalue weighted by Gasteiger charge is -2.13. The van der Waals surface area contributed by atoms with Gasteiger partial charge in [0.1, 0.15) is 11.6 Å². The van der Waals surface area contributed by atoms with Crippen molar-refractivity contribution in [1.82, 2.24) is 0 Å². The van der Waals surface area contributed by atoms with Crippen molar-refractivity contribution < 1.29 is 14.3 Å². The summed E-state index contributed by atoms with van der Waals surface area (Å²) < 4.78 is 13.6. The lowest BCUT2D eigenvalue weighted by molar-refractivity contribution is -0.117. The predicted molar refractivity (Wildman–Crippen MR) is 79.8 cm³/mol. The predicted octanol–water partition coefficient (Wildman–Crippen LogP) is 2.69. The van der Waals surface area contributed by atoms with Gasteiger partial charge in [-0.3, -0.25) is 4.79 Å². The maximum absolute atomic E-state index is 13.6. The number of para-hydroxylation sites is 1. The SMILES string of the molecule is NC(Cc1ccc(O)cc1)C(=O)Nc1c(F)cccc1Cl. The molecule has 0 aliphatic heterocycles. The smallest absolute Gasteiger partial charge is 0.241 e. The molecule has 0 aliphatic carbocycles. The van der Waals surface area contributed by atoms with Crippen LogP contribution in [0.2, 0.25) is 5.02 Å². The standard InChI is InChI=1S/C15H14ClFN2O2/c16-11-2-1-3-12(17)14(11)19-15(21)13(18)8-9-4-6-10(20)7-5-9/h1-7,13,20H,8,18H2,(H,19,21). The largest absolute Gasteiger partial charge is 0.508 e. The Labute approximate surface area is 126 Å². The Balaban J connectivity index is 2.04. The Morgan fingerprint density at radius 2 is 1.95 bits per heavy atom. The fourth-order valence-corrected chi connectivity index (χ4v) is 2.02. The Bertz CT molecular complexity index is 626. The highest BCUT2D eigenvalue weighted by Gasteiger charge is 2.17. The van der Waals surface area contributed by atoms with Gasteiger partial charge in [-0.25, -0.2) is 4.39 Å².